The smallest absolute Gasteiger partial charge is 0.451 e. The number of hydrogen-bond donors (Lipinski definition) is 2. The van der Waals surface area contributed by atoms with E-state index >= 15 is 0 Å². The van der Waals surface area contributed by atoms with Crippen molar-refractivity contribution >= 4 is 12.0 Å². The Morgan fingerprint density at radius 1 is 1.62 bits per heavy atom. The lowest BCUT2D eigenvalue weighted by molar-refractivity contribution is -0.396. The van der Waals surface area contributed by atoms with Gasteiger partial charge in [-0.15, -0.1) is 0 Å². The Kier molecular flexibility index (Phi) is 3.54. The van der Waals surface area contributed by atoms with Crippen molar-refractivity contribution in [2.45, 2.75) is 0 Å². The van der Waals surface area contributed by atoms with E-state index < -0.39 is 17.0 Å². The number of H-pyrrole nitrogens is 1. The second-order valence-corrected chi connectivity index (χ2v) is 2.08. The highest BCUT2D eigenvalue weighted by Crippen LogP contribution is 2.00. The van der Waals surface area contributed by atoms with Crippen LogP contribution in [0.1, 0.15) is 0 Å². The highest BCUT2D eigenvalue weighted by atomic mass is 16.6. The summed E-state index contributed by atoms with van der Waals surface area (Å²) in [4.78, 5) is 22.6. The number of aromatic nitrogens is 7. The van der Waals surface area contributed by atoms with Crippen LogP contribution in [0.15, 0.2) is 12.7 Å². The molecule has 0 fully saturated rings. The van der Waals surface area contributed by atoms with Crippen LogP contribution in [0.3, 0.4) is 0 Å². The van der Waals surface area contributed by atoms with Crippen molar-refractivity contribution in [3.63, 3.8) is 0 Å². The van der Waals surface area contributed by atoms with Gasteiger partial charge in [-0.25, -0.2) is 9.78 Å². The predicted octanol–water partition coefficient (Wildman–Crippen LogP) is -1.09. The lowest BCUT2D eigenvalue weighted by atomic mass is 11.0. The van der Waals surface area contributed by atoms with Crippen LogP contribution in [0.2, 0.25) is 0 Å². The van der Waals surface area contributed by atoms with Crippen LogP contribution >= 0.6 is 0 Å². The summed E-state index contributed by atoms with van der Waals surface area (Å²) in [6, 6.07) is 0. The van der Waals surface area contributed by atoms with Gasteiger partial charge < -0.3 is 15.2 Å². The molecule has 0 radical (unpaired) electrons. The van der Waals surface area contributed by atoms with Crippen molar-refractivity contribution in [1.29, 1.82) is 0 Å². The average Bonchev–Trinajstić information content (AvgIpc) is 2.92. The predicted molar refractivity (Wildman–Crippen MR) is 44.3 cm³/mol. The van der Waals surface area contributed by atoms with Crippen molar-refractivity contribution < 1.29 is 14.8 Å². The Morgan fingerprint density at radius 3 is 2.69 bits per heavy atom. The topological polar surface area (TPSA) is 166 Å². The van der Waals surface area contributed by atoms with E-state index in [0.717, 1.165) is 0 Å². The number of tetrazole rings is 1. The fourth-order valence-electron chi connectivity index (χ4n) is 0.587. The number of carboxylic acid groups (broad SMARTS) is 1. The summed E-state index contributed by atoms with van der Waals surface area (Å²) in [5, 5.41) is 32.7. The Hall–Kier alpha value is -2.92. The molecule has 16 heavy (non-hydrogen) atoms. The van der Waals surface area contributed by atoms with Gasteiger partial charge >= 0.3 is 12.0 Å². The number of nitro groups is 1. The lowest BCUT2D eigenvalue weighted by Gasteiger charge is -1.88. The normalized spacial score (nSPS) is 9.00. The van der Waals surface area contributed by atoms with Gasteiger partial charge in [0.25, 0.3) is 0 Å². The van der Waals surface area contributed by atoms with E-state index in [1.54, 1.807) is 0 Å². The summed E-state index contributed by atoms with van der Waals surface area (Å²) in [7, 11) is 0. The van der Waals surface area contributed by atoms with E-state index in [4.69, 9.17) is 5.11 Å². The molecule has 12 nitrogen and oxygen atoms in total. The molecule has 0 aliphatic carbocycles. The zero-order chi connectivity index (χ0) is 12.0. The minimum Gasteiger partial charge on any atom is -0.451 e. The van der Waals surface area contributed by atoms with Gasteiger partial charge in [0.2, 0.25) is 0 Å². The van der Waals surface area contributed by atoms with E-state index in [1.807, 2.05) is 0 Å². The monoisotopic (exact) mass is 228 g/mol. The van der Waals surface area contributed by atoms with Crippen LogP contribution in [-0.4, -0.2) is 51.5 Å². The fourth-order valence-corrected chi connectivity index (χ4v) is 0.587. The molecule has 0 aliphatic heterocycles. The van der Waals surface area contributed by atoms with Gasteiger partial charge in [-0.1, -0.05) is 0 Å². The molecule has 0 aliphatic rings. The maximum Gasteiger partial charge on any atom is 0.502 e. The van der Waals surface area contributed by atoms with Crippen molar-refractivity contribution in [3.05, 3.63) is 22.8 Å². The number of nitrogens with zero attached hydrogens (tertiary/aromatic N) is 7. The van der Waals surface area contributed by atoms with Crippen LogP contribution in [-0.2, 0) is 0 Å². The highest BCUT2D eigenvalue weighted by molar-refractivity contribution is 5.68. The molecule has 0 atom stereocenters. The van der Waals surface area contributed by atoms with Crippen molar-refractivity contribution in [1.82, 2.24) is 35.4 Å². The highest BCUT2D eigenvalue weighted by Gasteiger charge is 2.23. The third kappa shape index (κ3) is 2.79. The van der Waals surface area contributed by atoms with Crippen molar-refractivity contribution in [3.8, 4) is 0 Å². The Bertz CT molecular complexity index is 416. The molecule has 0 amide bonds. The Morgan fingerprint density at radius 2 is 2.38 bits per heavy atom. The summed E-state index contributed by atoms with van der Waals surface area (Å²) < 4.78 is 0.0694. The molecule has 84 valence electrons. The minimum absolute atomic E-state index is 0.0694. The Balaban J connectivity index is 0.000000212. The molecule has 2 N–H and O–H groups in total. The second kappa shape index (κ2) is 5.08. The first-order valence-corrected chi connectivity index (χ1v) is 3.57. The van der Waals surface area contributed by atoms with Gasteiger partial charge in [0.1, 0.15) is 12.7 Å². The molecular formula is C4H4N8O4. The maximum atomic E-state index is 10.1. The van der Waals surface area contributed by atoms with Crippen LogP contribution in [0.5, 0.6) is 0 Å². The van der Waals surface area contributed by atoms with Gasteiger partial charge in [-0.05, 0) is 9.61 Å². The number of aromatic amines is 1. The standard InChI is InChI=1S/C2HN5O4.C2H3N3/c8-2(9)6-1(7(10)11)3-4-5-6;1-3-2-5-4-1/h(H,8,9);1-2H,(H,3,4,5). The molecule has 2 rings (SSSR count). The Labute approximate surface area is 86.1 Å². The third-order valence-electron chi connectivity index (χ3n) is 1.13. The fraction of sp³-hybridized carbons (Fsp3) is 0. The van der Waals surface area contributed by atoms with Crippen molar-refractivity contribution in [2.24, 2.45) is 0 Å². The summed E-state index contributed by atoms with van der Waals surface area (Å²) in [6.45, 7) is 0. The van der Waals surface area contributed by atoms with E-state index in [2.05, 4.69) is 30.7 Å². The third-order valence-corrected chi connectivity index (χ3v) is 1.13. The quantitative estimate of drug-likeness (QED) is 0.350. The average molecular weight is 228 g/mol. The number of carbonyl (C=O) groups is 1. The molecule has 2 aromatic rings. The number of nitrogens with one attached hydrogen (secondary N) is 1. The van der Waals surface area contributed by atoms with Crippen LogP contribution in [0.25, 0.3) is 0 Å². The number of rotatable bonds is 1. The molecule has 2 heterocycles. The summed E-state index contributed by atoms with van der Waals surface area (Å²) in [5.74, 6) is -0.919. The summed E-state index contributed by atoms with van der Waals surface area (Å²) >= 11 is 0. The first-order chi connectivity index (χ1) is 7.63. The van der Waals surface area contributed by atoms with Gasteiger partial charge in [0, 0.05) is 5.21 Å². The largest absolute Gasteiger partial charge is 0.502 e. The molecular weight excluding hydrogens is 224 g/mol. The first kappa shape index (κ1) is 11.2. The molecule has 0 bridgehead atoms. The van der Waals surface area contributed by atoms with E-state index in [9.17, 15) is 14.9 Å². The van der Waals surface area contributed by atoms with E-state index in [1.165, 1.54) is 12.7 Å². The van der Waals surface area contributed by atoms with E-state index in [0.29, 0.717) is 0 Å². The van der Waals surface area contributed by atoms with Crippen LogP contribution in [0.4, 0.5) is 10.7 Å². The zero-order valence-corrected chi connectivity index (χ0v) is 7.46. The SMILES string of the molecule is O=C(O)n1nnnc1[N+](=O)[O-].c1nc[nH]n1. The minimum atomic E-state index is -1.60. The molecule has 0 spiro atoms. The number of hydrogen-bond acceptors (Lipinski definition) is 8. The lowest BCUT2D eigenvalue weighted by Crippen LogP contribution is -2.12. The van der Waals surface area contributed by atoms with Crippen LogP contribution < -0.4 is 0 Å². The summed E-state index contributed by atoms with van der Waals surface area (Å²) in [6.07, 6.45) is 1.36. The molecule has 0 saturated heterocycles. The molecule has 2 aromatic heterocycles. The second-order valence-electron chi connectivity index (χ2n) is 2.08. The maximum absolute atomic E-state index is 10.1. The van der Waals surface area contributed by atoms with E-state index in [-0.39, 0.29) is 4.68 Å². The van der Waals surface area contributed by atoms with Gasteiger partial charge in [0.05, 0.1) is 10.3 Å². The van der Waals surface area contributed by atoms with Gasteiger partial charge in [0.15, 0.2) is 0 Å². The molecule has 0 saturated carbocycles. The zero-order valence-electron chi connectivity index (χ0n) is 7.46. The van der Waals surface area contributed by atoms with Gasteiger partial charge in [-0.3, -0.25) is 5.10 Å². The van der Waals surface area contributed by atoms with Gasteiger partial charge in [-0.2, -0.15) is 5.10 Å². The molecule has 12 heteroatoms. The molecule has 0 aromatic carbocycles. The summed E-state index contributed by atoms with van der Waals surface area (Å²) in [5.41, 5.74) is 0. The van der Waals surface area contributed by atoms with Crippen molar-refractivity contribution in [2.75, 3.05) is 0 Å². The van der Waals surface area contributed by atoms with Crippen LogP contribution in [0, 0.1) is 10.1 Å². The first-order valence-electron chi connectivity index (χ1n) is 3.57. The molecule has 0 unspecified atom stereocenters.